The second-order valence-corrected chi connectivity index (χ2v) is 5.38. The van der Waals surface area contributed by atoms with Crippen molar-refractivity contribution in [2.24, 2.45) is 5.73 Å². The van der Waals surface area contributed by atoms with Crippen LogP contribution in [0, 0.1) is 5.82 Å². The van der Waals surface area contributed by atoms with E-state index >= 15 is 0 Å². The molecule has 0 fully saturated rings. The number of anilines is 2. The van der Waals surface area contributed by atoms with Crippen molar-refractivity contribution in [1.29, 1.82) is 0 Å². The van der Waals surface area contributed by atoms with Crippen LogP contribution in [0.15, 0.2) is 42.5 Å². The molecule has 0 saturated heterocycles. The highest BCUT2D eigenvalue weighted by Crippen LogP contribution is 2.28. The maximum Gasteiger partial charge on any atom is 0.258 e. The minimum Gasteiger partial charge on any atom is -0.385 e. The Bertz CT molecular complexity index is 947. The number of H-pyrrole nitrogens is 1. The molecule has 0 radical (unpaired) electrons. The van der Waals surface area contributed by atoms with Crippen molar-refractivity contribution in [3.8, 4) is 0 Å². The predicted molar refractivity (Wildman–Crippen MR) is 90.4 cm³/mol. The van der Waals surface area contributed by atoms with Gasteiger partial charge in [-0.05, 0) is 42.5 Å². The molecule has 0 atom stereocenters. The lowest BCUT2D eigenvalue weighted by atomic mass is 10.1. The summed E-state index contributed by atoms with van der Waals surface area (Å²) in [5.41, 5.74) is 12.9. The maximum atomic E-state index is 13.0. The predicted octanol–water partition coefficient (Wildman–Crippen LogP) is 2.26. The number of carbonyl (C=O) groups is 2. The van der Waals surface area contributed by atoms with Crippen LogP contribution in [0.25, 0.3) is 10.9 Å². The van der Waals surface area contributed by atoms with E-state index in [1.165, 1.54) is 29.2 Å². The number of hydrogen-bond donors (Lipinski definition) is 3. The van der Waals surface area contributed by atoms with Gasteiger partial charge in [0.25, 0.3) is 11.8 Å². The van der Waals surface area contributed by atoms with Gasteiger partial charge in [-0.1, -0.05) is 0 Å². The van der Waals surface area contributed by atoms with Crippen LogP contribution in [0.4, 0.5) is 15.9 Å². The summed E-state index contributed by atoms with van der Waals surface area (Å²) in [5, 5.41) is 0.589. The van der Waals surface area contributed by atoms with Crippen molar-refractivity contribution in [3.63, 3.8) is 0 Å². The van der Waals surface area contributed by atoms with Crippen LogP contribution in [-0.2, 0) is 0 Å². The van der Waals surface area contributed by atoms with Gasteiger partial charge >= 0.3 is 0 Å². The first-order chi connectivity index (χ1) is 11.4. The van der Waals surface area contributed by atoms with Gasteiger partial charge in [-0.2, -0.15) is 0 Å². The van der Waals surface area contributed by atoms with Crippen molar-refractivity contribution in [2.75, 3.05) is 17.7 Å². The number of amides is 2. The van der Waals surface area contributed by atoms with E-state index in [-0.39, 0.29) is 17.3 Å². The van der Waals surface area contributed by atoms with Crippen LogP contribution in [0.5, 0.6) is 0 Å². The molecule has 0 aliphatic carbocycles. The number of primary amides is 1. The molecule has 0 aliphatic rings. The quantitative estimate of drug-likeness (QED) is 0.687. The molecule has 122 valence electrons. The molecule has 0 saturated carbocycles. The minimum absolute atomic E-state index is 0.183. The second-order valence-electron chi connectivity index (χ2n) is 5.38. The normalized spacial score (nSPS) is 10.8. The number of carbonyl (C=O) groups excluding carboxylic acids is 2. The average Bonchev–Trinajstić information content (AvgIpc) is 2.89. The monoisotopic (exact) mass is 326 g/mol. The summed E-state index contributed by atoms with van der Waals surface area (Å²) < 4.78 is 13.0. The third kappa shape index (κ3) is 2.56. The standard InChI is InChI=1S/C17H15FN4O2/c1-22(17(24)9-2-4-10(18)5-3-9)11-6-7-12-13(8-11)21-15(19)14(12)16(20)23/h2-8,21H,19H2,1H3,(H2,20,23). The summed E-state index contributed by atoms with van der Waals surface area (Å²) >= 11 is 0. The number of hydrogen-bond acceptors (Lipinski definition) is 3. The molecule has 0 unspecified atom stereocenters. The lowest BCUT2D eigenvalue weighted by molar-refractivity contribution is 0.0988. The van der Waals surface area contributed by atoms with Crippen LogP contribution in [0.2, 0.25) is 0 Å². The number of nitrogen functional groups attached to an aromatic ring is 1. The first-order valence-electron chi connectivity index (χ1n) is 7.13. The lowest BCUT2D eigenvalue weighted by Crippen LogP contribution is -2.26. The average molecular weight is 326 g/mol. The van der Waals surface area contributed by atoms with Gasteiger partial charge in [-0.15, -0.1) is 0 Å². The Labute approximate surface area is 136 Å². The summed E-state index contributed by atoms with van der Waals surface area (Å²) in [6, 6.07) is 10.4. The molecule has 1 heterocycles. The molecule has 0 spiro atoms. The summed E-state index contributed by atoms with van der Waals surface area (Å²) in [4.78, 5) is 28.2. The van der Waals surface area contributed by atoms with Gasteiger partial charge in [0.15, 0.2) is 0 Å². The van der Waals surface area contributed by atoms with Crippen molar-refractivity contribution in [3.05, 3.63) is 59.4 Å². The van der Waals surface area contributed by atoms with Crippen molar-refractivity contribution in [1.82, 2.24) is 4.98 Å². The SMILES string of the molecule is CN(C(=O)c1ccc(F)cc1)c1ccc2c(C(N)=O)c(N)[nH]c2c1. The highest BCUT2D eigenvalue weighted by Gasteiger charge is 2.17. The number of nitrogens with two attached hydrogens (primary N) is 2. The minimum atomic E-state index is -0.623. The molecule has 0 aliphatic heterocycles. The van der Waals surface area contributed by atoms with E-state index in [0.29, 0.717) is 22.2 Å². The molecule has 24 heavy (non-hydrogen) atoms. The zero-order valence-electron chi connectivity index (χ0n) is 12.8. The van der Waals surface area contributed by atoms with Crippen molar-refractivity contribution < 1.29 is 14.0 Å². The topological polar surface area (TPSA) is 105 Å². The molecular formula is C17H15FN4O2. The number of aromatic amines is 1. The zero-order valence-corrected chi connectivity index (χ0v) is 12.8. The van der Waals surface area contributed by atoms with Crippen molar-refractivity contribution in [2.45, 2.75) is 0 Å². The third-order valence-electron chi connectivity index (χ3n) is 3.84. The fraction of sp³-hybridized carbons (Fsp3) is 0.0588. The van der Waals surface area contributed by atoms with Gasteiger partial charge < -0.3 is 21.4 Å². The maximum absolute atomic E-state index is 13.0. The van der Waals surface area contributed by atoms with E-state index in [1.807, 2.05) is 0 Å². The molecule has 1 aromatic heterocycles. The van der Waals surface area contributed by atoms with E-state index < -0.39 is 11.7 Å². The van der Waals surface area contributed by atoms with Gasteiger partial charge in [0.05, 0.1) is 5.56 Å². The number of fused-ring (bicyclic) bond motifs is 1. The summed E-state index contributed by atoms with van der Waals surface area (Å²) in [5.74, 6) is -1.13. The highest BCUT2D eigenvalue weighted by atomic mass is 19.1. The fourth-order valence-electron chi connectivity index (χ4n) is 2.58. The molecule has 3 rings (SSSR count). The Morgan fingerprint density at radius 1 is 1.12 bits per heavy atom. The summed E-state index contributed by atoms with van der Waals surface area (Å²) in [7, 11) is 1.61. The molecule has 2 amide bonds. The van der Waals surface area contributed by atoms with Gasteiger partial charge in [-0.25, -0.2) is 4.39 Å². The Kier molecular flexibility index (Phi) is 3.69. The first-order valence-corrected chi connectivity index (χ1v) is 7.13. The smallest absolute Gasteiger partial charge is 0.258 e. The van der Waals surface area contributed by atoms with Gasteiger partial charge in [-0.3, -0.25) is 9.59 Å². The molecule has 5 N–H and O–H groups in total. The molecule has 0 bridgehead atoms. The first kappa shape index (κ1) is 15.5. The van der Waals surface area contributed by atoms with E-state index in [4.69, 9.17) is 11.5 Å². The number of rotatable bonds is 3. The Morgan fingerprint density at radius 3 is 2.42 bits per heavy atom. The van der Waals surface area contributed by atoms with Crippen LogP contribution < -0.4 is 16.4 Å². The van der Waals surface area contributed by atoms with Gasteiger partial charge in [0.1, 0.15) is 11.6 Å². The molecule has 6 nitrogen and oxygen atoms in total. The van der Waals surface area contributed by atoms with Crippen LogP contribution in [-0.4, -0.2) is 23.8 Å². The Balaban J connectivity index is 1.98. The van der Waals surface area contributed by atoms with E-state index in [2.05, 4.69) is 4.98 Å². The number of halogens is 1. The van der Waals surface area contributed by atoms with E-state index in [0.717, 1.165) is 0 Å². The number of aromatic nitrogens is 1. The van der Waals surface area contributed by atoms with Gasteiger partial charge in [0.2, 0.25) is 0 Å². The molecule has 3 aromatic rings. The summed E-state index contributed by atoms with van der Waals surface area (Å²) in [6.07, 6.45) is 0. The van der Waals surface area contributed by atoms with Crippen LogP contribution in [0.1, 0.15) is 20.7 Å². The molecule has 2 aromatic carbocycles. The van der Waals surface area contributed by atoms with E-state index in [9.17, 15) is 14.0 Å². The zero-order chi connectivity index (χ0) is 17.4. The molecular weight excluding hydrogens is 311 g/mol. The third-order valence-corrected chi connectivity index (χ3v) is 3.84. The lowest BCUT2D eigenvalue weighted by Gasteiger charge is -2.17. The Morgan fingerprint density at radius 2 is 1.79 bits per heavy atom. The number of benzene rings is 2. The van der Waals surface area contributed by atoms with Crippen LogP contribution in [0.3, 0.4) is 0 Å². The van der Waals surface area contributed by atoms with E-state index in [1.54, 1.807) is 25.2 Å². The summed E-state index contributed by atoms with van der Waals surface area (Å²) in [6.45, 7) is 0. The Hall–Kier alpha value is -3.35. The molecule has 7 heteroatoms. The fourth-order valence-corrected chi connectivity index (χ4v) is 2.58. The van der Waals surface area contributed by atoms with Crippen molar-refractivity contribution >= 4 is 34.2 Å². The highest BCUT2D eigenvalue weighted by molar-refractivity contribution is 6.12. The second kappa shape index (κ2) is 5.69. The number of nitrogens with one attached hydrogen (secondary N) is 1. The number of nitrogens with zero attached hydrogens (tertiary/aromatic N) is 1. The van der Waals surface area contributed by atoms with Crippen LogP contribution >= 0.6 is 0 Å². The largest absolute Gasteiger partial charge is 0.385 e. The van der Waals surface area contributed by atoms with Gasteiger partial charge in [0, 0.05) is 29.2 Å².